The van der Waals surface area contributed by atoms with Gasteiger partial charge in [-0.05, 0) is 31.6 Å². The maximum Gasteiger partial charge on any atom is 0.0975 e. The molecule has 0 unspecified atom stereocenters. The molecule has 0 spiro atoms. The van der Waals surface area contributed by atoms with Gasteiger partial charge in [0.15, 0.2) is 0 Å². The third-order valence-corrected chi connectivity index (χ3v) is 3.75. The molecule has 0 bridgehead atoms. The molecular formula is C8H13O3S-. The molecule has 1 aliphatic rings. The first kappa shape index (κ1) is 9.74. The molecule has 0 atom stereocenters. The predicted octanol–water partition coefficient (Wildman–Crippen LogP) is 1.28. The SMILES string of the molecule is C=CC1CCC(S(=O)(=O)[O-])CC1. The highest BCUT2D eigenvalue weighted by atomic mass is 32.2. The Hall–Kier alpha value is -0.350. The van der Waals surface area contributed by atoms with Crippen LogP contribution in [0, 0.1) is 5.92 Å². The number of allylic oxidation sites excluding steroid dienone is 1. The summed E-state index contributed by atoms with van der Waals surface area (Å²) in [5, 5.41) is -0.645. The lowest BCUT2D eigenvalue weighted by molar-refractivity contribution is 0.380. The lowest BCUT2D eigenvalue weighted by atomic mass is 9.89. The van der Waals surface area contributed by atoms with Crippen molar-refractivity contribution in [1.29, 1.82) is 0 Å². The third kappa shape index (κ3) is 2.32. The molecule has 0 radical (unpaired) electrons. The molecule has 70 valence electrons. The van der Waals surface area contributed by atoms with E-state index in [4.69, 9.17) is 0 Å². The molecular weight excluding hydrogens is 176 g/mol. The van der Waals surface area contributed by atoms with Crippen molar-refractivity contribution in [2.45, 2.75) is 30.9 Å². The van der Waals surface area contributed by atoms with Crippen molar-refractivity contribution in [1.82, 2.24) is 0 Å². The highest BCUT2D eigenvalue weighted by Crippen LogP contribution is 2.28. The third-order valence-electron chi connectivity index (χ3n) is 2.46. The summed E-state index contributed by atoms with van der Waals surface area (Å²) in [6.45, 7) is 3.64. The predicted molar refractivity (Wildman–Crippen MR) is 45.6 cm³/mol. The molecule has 0 amide bonds. The van der Waals surface area contributed by atoms with Gasteiger partial charge in [0.05, 0.1) is 10.1 Å². The van der Waals surface area contributed by atoms with Crippen LogP contribution in [0.4, 0.5) is 0 Å². The van der Waals surface area contributed by atoms with Crippen LogP contribution >= 0.6 is 0 Å². The summed E-state index contributed by atoms with van der Waals surface area (Å²) in [6.07, 6.45) is 4.42. The Morgan fingerprint density at radius 2 is 1.75 bits per heavy atom. The molecule has 0 N–H and O–H groups in total. The second kappa shape index (κ2) is 3.58. The van der Waals surface area contributed by atoms with Gasteiger partial charge in [0, 0.05) is 5.25 Å². The lowest BCUT2D eigenvalue weighted by Gasteiger charge is -2.28. The van der Waals surface area contributed by atoms with Crippen LogP contribution in [0.2, 0.25) is 0 Å². The standard InChI is InChI=1S/C8H14O3S/c1-2-7-3-5-8(6-4-7)12(9,10)11/h2,7-8H,1,3-6H2,(H,9,10,11)/p-1. The minimum Gasteiger partial charge on any atom is -0.748 e. The van der Waals surface area contributed by atoms with E-state index in [0.717, 1.165) is 12.8 Å². The van der Waals surface area contributed by atoms with Crippen LogP contribution in [-0.4, -0.2) is 18.2 Å². The van der Waals surface area contributed by atoms with Gasteiger partial charge in [-0.2, -0.15) is 0 Å². The van der Waals surface area contributed by atoms with E-state index in [0.29, 0.717) is 18.8 Å². The first-order valence-corrected chi connectivity index (χ1v) is 5.58. The molecule has 0 saturated heterocycles. The zero-order valence-corrected chi connectivity index (χ0v) is 7.72. The van der Waals surface area contributed by atoms with Crippen molar-refractivity contribution < 1.29 is 13.0 Å². The molecule has 1 aliphatic carbocycles. The minimum absolute atomic E-state index is 0.406. The van der Waals surface area contributed by atoms with E-state index >= 15 is 0 Å². The molecule has 0 heterocycles. The smallest absolute Gasteiger partial charge is 0.0975 e. The first-order chi connectivity index (χ1) is 5.54. The summed E-state index contributed by atoms with van der Waals surface area (Å²) in [4.78, 5) is 0. The van der Waals surface area contributed by atoms with Gasteiger partial charge in [-0.1, -0.05) is 6.08 Å². The summed E-state index contributed by atoms with van der Waals surface area (Å²) < 4.78 is 31.8. The number of hydrogen-bond acceptors (Lipinski definition) is 3. The summed E-state index contributed by atoms with van der Waals surface area (Å²) in [7, 11) is -4.04. The van der Waals surface area contributed by atoms with Crippen LogP contribution in [0.3, 0.4) is 0 Å². The fourth-order valence-corrected chi connectivity index (χ4v) is 2.46. The Kier molecular flexibility index (Phi) is 2.90. The Morgan fingerprint density at radius 3 is 2.08 bits per heavy atom. The monoisotopic (exact) mass is 189 g/mol. The summed E-state index contributed by atoms with van der Waals surface area (Å²) in [5.74, 6) is 0.406. The van der Waals surface area contributed by atoms with Gasteiger partial charge in [-0.25, -0.2) is 8.42 Å². The molecule has 12 heavy (non-hydrogen) atoms. The molecule has 0 aromatic rings. The Labute approximate surface area is 73.2 Å². The minimum atomic E-state index is -4.04. The maximum absolute atomic E-state index is 10.6. The van der Waals surface area contributed by atoms with Crippen molar-refractivity contribution in [3.8, 4) is 0 Å². The van der Waals surface area contributed by atoms with Crippen molar-refractivity contribution in [2.24, 2.45) is 5.92 Å². The van der Waals surface area contributed by atoms with Gasteiger partial charge in [0.2, 0.25) is 0 Å². The van der Waals surface area contributed by atoms with Crippen LogP contribution in [0.5, 0.6) is 0 Å². The molecule has 1 saturated carbocycles. The van der Waals surface area contributed by atoms with Gasteiger partial charge < -0.3 is 4.55 Å². The number of rotatable bonds is 2. The van der Waals surface area contributed by atoms with Gasteiger partial charge >= 0.3 is 0 Å². The van der Waals surface area contributed by atoms with Crippen LogP contribution < -0.4 is 0 Å². The fraction of sp³-hybridized carbons (Fsp3) is 0.750. The van der Waals surface area contributed by atoms with Crippen molar-refractivity contribution in [3.63, 3.8) is 0 Å². The summed E-state index contributed by atoms with van der Waals surface area (Å²) >= 11 is 0. The Bertz CT molecular complexity index is 247. The summed E-state index contributed by atoms with van der Waals surface area (Å²) in [6, 6.07) is 0. The zero-order valence-electron chi connectivity index (χ0n) is 6.90. The van der Waals surface area contributed by atoms with E-state index in [1.165, 1.54) is 0 Å². The van der Waals surface area contributed by atoms with E-state index in [-0.39, 0.29) is 0 Å². The van der Waals surface area contributed by atoms with Gasteiger partial charge in [-0.3, -0.25) is 0 Å². The fourth-order valence-electron chi connectivity index (χ4n) is 1.61. The molecule has 1 fully saturated rings. The van der Waals surface area contributed by atoms with E-state index in [1.807, 2.05) is 6.08 Å². The first-order valence-electron chi connectivity index (χ1n) is 4.11. The largest absolute Gasteiger partial charge is 0.748 e. The van der Waals surface area contributed by atoms with Crippen LogP contribution in [0.1, 0.15) is 25.7 Å². The lowest BCUT2D eigenvalue weighted by Crippen LogP contribution is -2.26. The van der Waals surface area contributed by atoms with Crippen LogP contribution in [0.25, 0.3) is 0 Å². The highest BCUT2D eigenvalue weighted by Gasteiger charge is 2.23. The van der Waals surface area contributed by atoms with Crippen molar-refractivity contribution >= 4 is 10.1 Å². The molecule has 4 heteroatoms. The molecule has 0 aromatic carbocycles. The van der Waals surface area contributed by atoms with E-state index < -0.39 is 15.4 Å². The average Bonchev–Trinajstić information content (AvgIpc) is 2.03. The van der Waals surface area contributed by atoms with Gasteiger partial charge in [0.25, 0.3) is 0 Å². The van der Waals surface area contributed by atoms with Gasteiger partial charge in [-0.15, -0.1) is 6.58 Å². The average molecular weight is 189 g/mol. The van der Waals surface area contributed by atoms with Crippen molar-refractivity contribution in [2.75, 3.05) is 0 Å². The van der Waals surface area contributed by atoms with E-state index in [1.54, 1.807) is 0 Å². The van der Waals surface area contributed by atoms with E-state index in [9.17, 15) is 13.0 Å². The maximum atomic E-state index is 10.6. The van der Waals surface area contributed by atoms with E-state index in [2.05, 4.69) is 6.58 Å². The Balaban J connectivity index is 2.52. The summed E-state index contributed by atoms with van der Waals surface area (Å²) in [5.41, 5.74) is 0. The highest BCUT2D eigenvalue weighted by molar-refractivity contribution is 7.86. The second-order valence-corrected chi connectivity index (χ2v) is 4.92. The van der Waals surface area contributed by atoms with Crippen LogP contribution in [-0.2, 0) is 10.1 Å². The molecule has 0 aromatic heterocycles. The topological polar surface area (TPSA) is 57.2 Å². The zero-order chi connectivity index (χ0) is 9.19. The quantitative estimate of drug-likeness (QED) is 0.485. The molecule has 0 aliphatic heterocycles. The van der Waals surface area contributed by atoms with Crippen LogP contribution in [0.15, 0.2) is 12.7 Å². The molecule has 3 nitrogen and oxygen atoms in total. The normalized spacial score (nSPS) is 31.4. The molecule has 1 rings (SSSR count). The Morgan fingerprint density at radius 1 is 1.25 bits per heavy atom. The number of hydrogen-bond donors (Lipinski definition) is 0. The van der Waals surface area contributed by atoms with Crippen molar-refractivity contribution in [3.05, 3.63) is 12.7 Å². The second-order valence-electron chi connectivity index (χ2n) is 3.27. The van der Waals surface area contributed by atoms with Gasteiger partial charge in [0.1, 0.15) is 0 Å².